The lowest BCUT2D eigenvalue weighted by Crippen LogP contribution is -2.50. The summed E-state index contributed by atoms with van der Waals surface area (Å²) in [7, 11) is 0. The minimum absolute atomic E-state index is 0.119. The SMILES string of the molecule is CC(C)(C)CCC(NC(=O)NCC(F)(F)F)C(C)(C)C. The maximum atomic E-state index is 12.0. The summed E-state index contributed by atoms with van der Waals surface area (Å²) in [6.45, 7) is 10.9. The molecule has 0 aliphatic heterocycles. The molecule has 0 bridgehead atoms. The van der Waals surface area contributed by atoms with Crippen LogP contribution in [0.15, 0.2) is 0 Å². The second-order valence-corrected chi connectivity index (χ2v) is 7.46. The van der Waals surface area contributed by atoms with E-state index in [9.17, 15) is 18.0 Å². The molecule has 0 heterocycles. The molecular formula is C14H27F3N2O. The molecule has 3 nitrogen and oxygen atoms in total. The third-order valence-electron chi connectivity index (χ3n) is 2.98. The first-order valence-corrected chi connectivity index (χ1v) is 6.82. The number of rotatable bonds is 4. The van der Waals surface area contributed by atoms with Crippen LogP contribution in [0.4, 0.5) is 18.0 Å². The van der Waals surface area contributed by atoms with E-state index in [0.717, 1.165) is 12.8 Å². The Kier molecular flexibility index (Phi) is 6.36. The lowest BCUT2D eigenvalue weighted by atomic mass is 9.80. The summed E-state index contributed by atoms with van der Waals surface area (Å²) < 4.78 is 36.1. The van der Waals surface area contributed by atoms with E-state index in [1.165, 1.54) is 0 Å². The van der Waals surface area contributed by atoms with Crippen molar-refractivity contribution in [2.24, 2.45) is 10.8 Å². The monoisotopic (exact) mass is 296 g/mol. The number of nitrogens with one attached hydrogen (secondary N) is 2. The Morgan fingerprint density at radius 2 is 1.55 bits per heavy atom. The maximum absolute atomic E-state index is 12.0. The third kappa shape index (κ3) is 9.92. The molecule has 0 spiro atoms. The van der Waals surface area contributed by atoms with E-state index in [-0.39, 0.29) is 16.9 Å². The van der Waals surface area contributed by atoms with Gasteiger partial charge in [0, 0.05) is 6.04 Å². The minimum atomic E-state index is -4.39. The Balaban J connectivity index is 4.48. The van der Waals surface area contributed by atoms with Gasteiger partial charge < -0.3 is 10.6 Å². The molecule has 0 fully saturated rings. The molecule has 0 rings (SSSR count). The smallest absolute Gasteiger partial charge is 0.335 e. The van der Waals surface area contributed by atoms with Crippen LogP contribution >= 0.6 is 0 Å². The van der Waals surface area contributed by atoms with Gasteiger partial charge in [0.05, 0.1) is 0 Å². The van der Waals surface area contributed by atoms with Crippen LogP contribution in [0.2, 0.25) is 0 Å². The van der Waals surface area contributed by atoms with Gasteiger partial charge >= 0.3 is 12.2 Å². The zero-order chi connectivity index (χ0) is 16.2. The van der Waals surface area contributed by atoms with Crippen molar-refractivity contribution in [3.63, 3.8) is 0 Å². The molecule has 1 unspecified atom stereocenters. The standard InChI is InChI=1S/C14H27F3N2O/c1-12(2,3)8-7-10(13(4,5)6)19-11(20)18-9-14(15,16)17/h10H,7-9H2,1-6H3,(H2,18,19,20). The molecule has 1 atom stereocenters. The van der Waals surface area contributed by atoms with Crippen molar-refractivity contribution in [2.75, 3.05) is 6.54 Å². The van der Waals surface area contributed by atoms with Gasteiger partial charge in [-0.05, 0) is 23.7 Å². The fraction of sp³-hybridized carbons (Fsp3) is 0.929. The minimum Gasteiger partial charge on any atom is -0.335 e. The number of alkyl halides is 3. The number of carbonyl (C=O) groups excluding carboxylic acids is 1. The molecule has 0 radical (unpaired) electrons. The van der Waals surface area contributed by atoms with Crippen molar-refractivity contribution in [3.05, 3.63) is 0 Å². The highest BCUT2D eigenvalue weighted by Gasteiger charge is 2.30. The van der Waals surface area contributed by atoms with E-state index < -0.39 is 18.8 Å². The number of amides is 2. The molecule has 2 amide bonds. The van der Waals surface area contributed by atoms with Crippen LogP contribution in [0.3, 0.4) is 0 Å². The lowest BCUT2D eigenvalue weighted by Gasteiger charge is -2.33. The Morgan fingerprint density at radius 3 is 1.90 bits per heavy atom. The van der Waals surface area contributed by atoms with Gasteiger partial charge in [-0.2, -0.15) is 13.2 Å². The van der Waals surface area contributed by atoms with Crippen LogP contribution < -0.4 is 10.6 Å². The van der Waals surface area contributed by atoms with Crippen LogP contribution in [-0.4, -0.2) is 24.8 Å². The molecule has 20 heavy (non-hydrogen) atoms. The molecule has 0 saturated heterocycles. The second kappa shape index (κ2) is 6.68. The number of carbonyl (C=O) groups is 1. The van der Waals surface area contributed by atoms with Crippen LogP contribution in [-0.2, 0) is 0 Å². The molecular weight excluding hydrogens is 269 g/mol. The molecule has 0 aromatic carbocycles. The quantitative estimate of drug-likeness (QED) is 0.806. The Hall–Kier alpha value is -0.940. The first-order valence-electron chi connectivity index (χ1n) is 6.82. The van der Waals surface area contributed by atoms with Crippen LogP contribution in [0.1, 0.15) is 54.4 Å². The third-order valence-corrected chi connectivity index (χ3v) is 2.98. The Bertz CT molecular complexity index is 314. The van der Waals surface area contributed by atoms with E-state index >= 15 is 0 Å². The van der Waals surface area contributed by atoms with Gasteiger partial charge in [-0.25, -0.2) is 4.79 Å². The molecule has 6 heteroatoms. The largest absolute Gasteiger partial charge is 0.405 e. The summed E-state index contributed by atoms with van der Waals surface area (Å²) in [5, 5.41) is 4.50. The van der Waals surface area contributed by atoms with Crippen molar-refractivity contribution >= 4 is 6.03 Å². The highest BCUT2D eigenvalue weighted by molar-refractivity contribution is 5.74. The normalized spacial score (nSPS) is 14.8. The summed E-state index contributed by atoms with van der Waals surface area (Å²) in [5.41, 5.74) is -0.0888. The predicted octanol–water partition coefficient (Wildman–Crippen LogP) is 4.09. The number of hydrogen-bond acceptors (Lipinski definition) is 1. The fourth-order valence-electron chi connectivity index (χ4n) is 1.69. The van der Waals surface area contributed by atoms with E-state index in [0.29, 0.717) is 0 Å². The molecule has 0 aromatic heterocycles. The zero-order valence-electron chi connectivity index (χ0n) is 13.2. The number of urea groups is 1. The van der Waals surface area contributed by atoms with E-state index in [1.807, 2.05) is 26.1 Å². The van der Waals surface area contributed by atoms with Crippen molar-refractivity contribution in [1.29, 1.82) is 0 Å². The van der Waals surface area contributed by atoms with Crippen molar-refractivity contribution < 1.29 is 18.0 Å². The highest BCUT2D eigenvalue weighted by atomic mass is 19.4. The van der Waals surface area contributed by atoms with E-state index in [1.54, 1.807) is 0 Å². The van der Waals surface area contributed by atoms with Gasteiger partial charge in [-0.1, -0.05) is 41.5 Å². The number of halogens is 3. The fourth-order valence-corrected chi connectivity index (χ4v) is 1.69. The van der Waals surface area contributed by atoms with Crippen LogP contribution in [0.25, 0.3) is 0 Å². The molecule has 0 aliphatic carbocycles. The average Bonchev–Trinajstić information content (AvgIpc) is 2.17. The number of hydrogen-bond donors (Lipinski definition) is 2. The van der Waals surface area contributed by atoms with Gasteiger partial charge in [0.15, 0.2) is 0 Å². The Labute approximate surface area is 119 Å². The van der Waals surface area contributed by atoms with Gasteiger partial charge in [-0.3, -0.25) is 0 Å². The lowest BCUT2D eigenvalue weighted by molar-refractivity contribution is -0.122. The first-order chi connectivity index (χ1) is 8.71. The van der Waals surface area contributed by atoms with E-state index in [2.05, 4.69) is 26.1 Å². The Morgan fingerprint density at radius 1 is 1.05 bits per heavy atom. The predicted molar refractivity (Wildman–Crippen MR) is 74.5 cm³/mol. The van der Waals surface area contributed by atoms with Gasteiger partial charge in [0.1, 0.15) is 6.54 Å². The summed E-state index contributed by atoms with van der Waals surface area (Å²) >= 11 is 0. The van der Waals surface area contributed by atoms with Gasteiger partial charge in [0.25, 0.3) is 0 Å². The molecule has 120 valence electrons. The average molecular weight is 296 g/mol. The van der Waals surface area contributed by atoms with Crippen molar-refractivity contribution in [1.82, 2.24) is 10.6 Å². The molecule has 2 N–H and O–H groups in total. The summed E-state index contributed by atoms with van der Waals surface area (Å²) in [5.74, 6) is 0. The van der Waals surface area contributed by atoms with Crippen LogP contribution in [0, 0.1) is 10.8 Å². The zero-order valence-corrected chi connectivity index (χ0v) is 13.2. The van der Waals surface area contributed by atoms with Crippen molar-refractivity contribution in [3.8, 4) is 0 Å². The van der Waals surface area contributed by atoms with Crippen LogP contribution in [0.5, 0.6) is 0 Å². The molecule has 0 aliphatic rings. The summed E-state index contributed by atoms with van der Waals surface area (Å²) in [6, 6.07) is -0.939. The van der Waals surface area contributed by atoms with Gasteiger partial charge in [-0.15, -0.1) is 0 Å². The van der Waals surface area contributed by atoms with Gasteiger partial charge in [0.2, 0.25) is 0 Å². The molecule has 0 aromatic rings. The maximum Gasteiger partial charge on any atom is 0.405 e. The molecule has 0 saturated carbocycles. The van der Waals surface area contributed by atoms with E-state index in [4.69, 9.17) is 0 Å². The highest BCUT2D eigenvalue weighted by Crippen LogP contribution is 2.28. The second-order valence-electron chi connectivity index (χ2n) is 7.46. The summed E-state index contributed by atoms with van der Waals surface area (Å²) in [4.78, 5) is 11.5. The van der Waals surface area contributed by atoms with Crippen molar-refractivity contribution in [2.45, 2.75) is 66.6 Å². The summed E-state index contributed by atoms with van der Waals surface area (Å²) in [6.07, 6.45) is -2.78. The first kappa shape index (κ1) is 19.1. The topological polar surface area (TPSA) is 41.1 Å².